The minimum Gasteiger partial charge on any atom is -0.383 e. The molecule has 1 heterocycles. The van der Waals surface area contributed by atoms with Crippen molar-refractivity contribution in [2.75, 3.05) is 37.0 Å². The van der Waals surface area contributed by atoms with Crippen LogP contribution in [0.2, 0.25) is 0 Å². The van der Waals surface area contributed by atoms with E-state index in [-0.39, 0.29) is 17.2 Å². The lowest BCUT2D eigenvalue weighted by atomic mass is 10.3. The highest BCUT2D eigenvalue weighted by Crippen LogP contribution is 2.21. The van der Waals surface area contributed by atoms with Crippen LogP contribution in [-0.2, 0) is 9.53 Å². The van der Waals surface area contributed by atoms with Crippen molar-refractivity contribution in [2.45, 2.75) is 13.8 Å². The number of likely N-dealkylation sites (N-methyl/N-ethyl adjacent to an activating group) is 1. The number of hydrogen-bond donors (Lipinski definition) is 1. The third-order valence-corrected chi connectivity index (χ3v) is 3.55. The molecule has 0 unspecified atom stereocenters. The Morgan fingerprint density at radius 1 is 1.33 bits per heavy atom. The smallest absolute Gasteiger partial charge is 0.297 e. The Morgan fingerprint density at radius 3 is 2.62 bits per heavy atom. The van der Waals surface area contributed by atoms with E-state index in [1.807, 2.05) is 30.0 Å². The molecule has 7 nitrogen and oxygen atoms in total. The molecule has 0 aliphatic heterocycles. The van der Waals surface area contributed by atoms with Crippen LogP contribution < -0.4 is 15.8 Å². The molecule has 1 amide bonds. The first-order valence-corrected chi connectivity index (χ1v) is 7.77. The van der Waals surface area contributed by atoms with Crippen molar-refractivity contribution in [3.63, 3.8) is 0 Å². The van der Waals surface area contributed by atoms with Crippen molar-refractivity contribution in [3.8, 4) is 5.69 Å². The predicted octanol–water partition coefficient (Wildman–Crippen LogP) is 1.66. The van der Waals surface area contributed by atoms with Gasteiger partial charge in [-0.2, -0.15) is 9.78 Å². The van der Waals surface area contributed by atoms with Crippen molar-refractivity contribution < 1.29 is 9.53 Å². The van der Waals surface area contributed by atoms with Crippen LogP contribution in [0.5, 0.6) is 0 Å². The number of rotatable bonds is 7. The highest BCUT2D eigenvalue weighted by atomic mass is 16.5. The third-order valence-electron chi connectivity index (χ3n) is 3.55. The van der Waals surface area contributed by atoms with E-state index in [4.69, 9.17) is 4.74 Å². The zero-order valence-corrected chi connectivity index (χ0v) is 14.2. The van der Waals surface area contributed by atoms with Crippen LogP contribution in [0.1, 0.15) is 13.8 Å². The van der Waals surface area contributed by atoms with Gasteiger partial charge in [-0.1, -0.05) is 18.2 Å². The number of aromatic nitrogens is 2. The fourth-order valence-electron chi connectivity index (χ4n) is 2.38. The zero-order chi connectivity index (χ0) is 17.5. The molecular formula is C17H22N4O3. The summed E-state index contributed by atoms with van der Waals surface area (Å²) in [5, 5.41) is 6.91. The maximum absolute atomic E-state index is 12.8. The molecule has 0 spiro atoms. The molecule has 2 aromatic rings. The van der Waals surface area contributed by atoms with Gasteiger partial charge in [0, 0.05) is 27.1 Å². The van der Waals surface area contributed by atoms with Gasteiger partial charge in [0.1, 0.15) is 5.69 Å². The van der Waals surface area contributed by atoms with Gasteiger partial charge in [0.05, 0.1) is 24.2 Å². The van der Waals surface area contributed by atoms with Crippen molar-refractivity contribution in [2.24, 2.45) is 0 Å². The molecule has 0 fully saturated rings. The normalized spacial score (nSPS) is 10.5. The second kappa shape index (κ2) is 8.26. The summed E-state index contributed by atoms with van der Waals surface area (Å²) in [6, 6.07) is 9.09. The van der Waals surface area contributed by atoms with Gasteiger partial charge in [0.15, 0.2) is 0 Å². The number of para-hydroxylation sites is 1. The number of amides is 1. The summed E-state index contributed by atoms with van der Waals surface area (Å²) < 4.78 is 6.38. The summed E-state index contributed by atoms with van der Waals surface area (Å²) in [6.07, 6.45) is 1.60. The molecule has 0 aliphatic carbocycles. The van der Waals surface area contributed by atoms with E-state index in [1.54, 1.807) is 25.4 Å². The van der Waals surface area contributed by atoms with Gasteiger partial charge in [-0.05, 0) is 19.1 Å². The fourth-order valence-corrected chi connectivity index (χ4v) is 2.38. The molecule has 0 saturated carbocycles. The highest BCUT2D eigenvalue weighted by molar-refractivity contribution is 5.92. The van der Waals surface area contributed by atoms with Crippen LogP contribution in [0, 0.1) is 0 Å². The van der Waals surface area contributed by atoms with E-state index in [0.717, 1.165) is 0 Å². The largest absolute Gasteiger partial charge is 0.383 e. The molecule has 7 heteroatoms. The first-order valence-electron chi connectivity index (χ1n) is 7.77. The number of nitrogens with zero attached hydrogens (tertiary/aromatic N) is 3. The molecule has 2 rings (SSSR count). The molecule has 1 N–H and O–H groups in total. The van der Waals surface area contributed by atoms with Crippen molar-refractivity contribution in [3.05, 3.63) is 46.9 Å². The summed E-state index contributed by atoms with van der Waals surface area (Å²) in [4.78, 5) is 26.4. The maximum Gasteiger partial charge on any atom is 0.297 e. The molecule has 0 saturated heterocycles. The van der Waals surface area contributed by atoms with Crippen LogP contribution in [0.3, 0.4) is 0 Å². The Labute approximate surface area is 140 Å². The van der Waals surface area contributed by atoms with E-state index in [9.17, 15) is 9.59 Å². The van der Waals surface area contributed by atoms with Crippen LogP contribution >= 0.6 is 0 Å². The van der Waals surface area contributed by atoms with Gasteiger partial charge in [0.2, 0.25) is 5.91 Å². The van der Waals surface area contributed by atoms with Crippen molar-refractivity contribution in [1.29, 1.82) is 0 Å². The van der Waals surface area contributed by atoms with Crippen LogP contribution in [0.4, 0.5) is 11.4 Å². The molecule has 128 valence electrons. The topological polar surface area (TPSA) is 76.5 Å². The number of ether oxygens (including phenoxy) is 1. The van der Waals surface area contributed by atoms with Gasteiger partial charge in [-0.15, -0.1) is 0 Å². The first-order chi connectivity index (χ1) is 11.6. The van der Waals surface area contributed by atoms with Crippen LogP contribution in [0.25, 0.3) is 5.69 Å². The van der Waals surface area contributed by atoms with Gasteiger partial charge < -0.3 is 15.0 Å². The number of benzene rings is 1. The lowest BCUT2D eigenvalue weighted by molar-refractivity contribution is -0.114. The highest BCUT2D eigenvalue weighted by Gasteiger charge is 2.17. The molecule has 1 aromatic heterocycles. The molecular weight excluding hydrogens is 308 g/mol. The average molecular weight is 330 g/mol. The molecule has 0 aliphatic rings. The number of carbonyl (C=O) groups is 1. The first kappa shape index (κ1) is 17.7. The lowest BCUT2D eigenvalue weighted by Gasteiger charge is -2.25. The summed E-state index contributed by atoms with van der Waals surface area (Å²) >= 11 is 0. The van der Waals surface area contributed by atoms with E-state index >= 15 is 0 Å². The molecule has 0 atom stereocenters. The standard InChI is InChI=1S/C17H22N4O3/c1-4-20(10-11-24-3)15-12-18-21(14-8-6-5-7-9-14)17(23)16(15)19-13(2)22/h5-9,12H,4,10-11H2,1-3H3,(H,19,22). The predicted molar refractivity (Wildman–Crippen MR) is 93.9 cm³/mol. The van der Waals surface area contributed by atoms with E-state index in [2.05, 4.69) is 10.4 Å². The van der Waals surface area contributed by atoms with Gasteiger partial charge >= 0.3 is 0 Å². The van der Waals surface area contributed by atoms with E-state index < -0.39 is 0 Å². The molecule has 24 heavy (non-hydrogen) atoms. The zero-order valence-electron chi connectivity index (χ0n) is 14.2. The average Bonchev–Trinajstić information content (AvgIpc) is 2.58. The number of methoxy groups -OCH3 is 1. The van der Waals surface area contributed by atoms with Crippen LogP contribution in [0.15, 0.2) is 41.3 Å². The van der Waals surface area contributed by atoms with E-state index in [1.165, 1.54) is 11.6 Å². The summed E-state index contributed by atoms with van der Waals surface area (Å²) in [7, 11) is 1.62. The Bertz CT molecular complexity index is 743. The second-order valence-electron chi connectivity index (χ2n) is 5.21. The van der Waals surface area contributed by atoms with E-state index in [0.29, 0.717) is 31.1 Å². The minimum atomic E-state index is -0.371. The Morgan fingerprint density at radius 2 is 2.04 bits per heavy atom. The Kier molecular flexibility index (Phi) is 6.08. The van der Waals surface area contributed by atoms with Crippen LogP contribution in [-0.4, -0.2) is 42.5 Å². The molecule has 1 aromatic carbocycles. The maximum atomic E-state index is 12.8. The third kappa shape index (κ3) is 3.99. The molecule has 0 radical (unpaired) electrons. The Balaban J connectivity index is 2.54. The van der Waals surface area contributed by atoms with Gasteiger partial charge in [-0.3, -0.25) is 9.59 Å². The number of nitrogens with one attached hydrogen (secondary N) is 1. The summed E-state index contributed by atoms with van der Waals surface area (Å²) in [5.74, 6) is -0.304. The van der Waals surface area contributed by atoms with Gasteiger partial charge in [0.25, 0.3) is 5.56 Å². The van der Waals surface area contributed by atoms with Crippen molar-refractivity contribution >= 4 is 17.3 Å². The second-order valence-corrected chi connectivity index (χ2v) is 5.21. The SMILES string of the molecule is CCN(CCOC)c1cnn(-c2ccccc2)c(=O)c1NC(C)=O. The number of hydrogen-bond acceptors (Lipinski definition) is 5. The quantitative estimate of drug-likeness (QED) is 0.835. The fraction of sp³-hybridized carbons (Fsp3) is 0.353. The monoisotopic (exact) mass is 330 g/mol. The Hall–Kier alpha value is -2.67. The summed E-state index contributed by atoms with van der Waals surface area (Å²) in [6.45, 7) is 5.11. The van der Waals surface area contributed by atoms with Crippen molar-refractivity contribution in [1.82, 2.24) is 9.78 Å². The minimum absolute atomic E-state index is 0.222. The van der Waals surface area contributed by atoms with Gasteiger partial charge in [-0.25, -0.2) is 0 Å². The number of anilines is 2. The summed E-state index contributed by atoms with van der Waals surface area (Å²) in [5.41, 5.74) is 1.08. The molecule has 0 bridgehead atoms. The lowest BCUT2D eigenvalue weighted by Crippen LogP contribution is -2.33. The number of carbonyl (C=O) groups excluding carboxylic acids is 1.